The lowest BCUT2D eigenvalue weighted by atomic mass is 9.91. The highest BCUT2D eigenvalue weighted by atomic mass is 16.4. The highest BCUT2D eigenvalue weighted by Gasteiger charge is 2.54. The molecule has 0 fully saturated rings. The number of rotatable bonds is 4. The highest BCUT2D eigenvalue weighted by molar-refractivity contribution is 6.06. The first-order valence-electron chi connectivity index (χ1n) is 10.4. The molecule has 0 saturated heterocycles. The lowest BCUT2D eigenvalue weighted by Gasteiger charge is -2.35. The molecule has 3 aromatic carbocycles. The van der Waals surface area contributed by atoms with Crippen LogP contribution in [0.1, 0.15) is 22.4 Å². The predicted octanol–water partition coefficient (Wildman–Crippen LogP) is 3.65. The molecule has 0 radical (unpaired) electrons. The third-order valence-corrected chi connectivity index (χ3v) is 5.79. The molecule has 7 heteroatoms. The van der Waals surface area contributed by atoms with Crippen molar-refractivity contribution >= 4 is 22.6 Å². The van der Waals surface area contributed by atoms with Crippen LogP contribution >= 0.6 is 0 Å². The van der Waals surface area contributed by atoms with Crippen molar-refractivity contribution in [2.45, 2.75) is 19.2 Å². The Morgan fingerprint density at radius 2 is 1.61 bits per heavy atom. The first kappa shape index (κ1) is 20.7. The Labute approximate surface area is 188 Å². The summed E-state index contributed by atoms with van der Waals surface area (Å²) in [6, 6.07) is 22.6. The zero-order valence-electron chi connectivity index (χ0n) is 17.7. The second-order valence-electron chi connectivity index (χ2n) is 7.96. The van der Waals surface area contributed by atoms with E-state index in [1.54, 1.807) is 60.7 Å². The Hall–Kier alpha value is -4.23. The molecule has 2 N–H and O–H groups in total. The maximum absolute atomic E-state index is 13.2. The van der Waals surface area contributed by atoms with E-state index in [1.165, 1.54) is 0 Å². The van der Waals surface area contributed by atoms with Crippen LogP contribution in [0.5, 0.6) is 0 Å². The lowest BCUT2D eigenvalue weighted by Crippen LogP contribution is -2.45. The predicted molar refractivity (Wildman–Crippen MR) is 122 cm³/mol. The zero-order valence-corrected chi connectivity index (χ0v) is 17.7. The van der Waals surface area contributed by atoms with Gasteiger partial charge in [0.25, 0.3) is 5.91 Å². The van der Waals surface area contributed by atoms with Gasteiger partial charge in [0.1, 0.15) is 5.52 Å². The molecule has 33 heavy (non-hydrogen) atoms. The second kappa shape index (κ2) is 7.72. The number of para-hydroxylation sites is 2. The van der Waals surface area contributed by atoms with Crippen LogP contribution in [0.3, 0.4) is 0 Å². The Morgan fingerprint density at radius 1 is 0.939 bits per heavy atom. The Morgan fingerprint density at radius 3 is 2.33 bits per heavy atom. The Balaban J connectivity index is 1.75. The van der Waals surface area contributed by atoms with Gasteiger partial charge in [-0.1, -0.05) is 72.3 Å². The summed E-state index contributed by atoms with van der Waals surface area (Å²) in [4.78, 5) is 31.6. The normalized spacial score (nSPS) is 18.4. The quantitative estimate of drug-likeness (QED) is 0.502. The van der Waals surface area contributed by atoms with E-state index < -0.39 is 23.0 Å². The molecule has 1 atom stereocenters. The number of aliphatic hydroxyl groups is 2. The number of benzene rings is 3. The first-order chi connectivity index (χ1) is 15.9. The summed E-state index contributed by atoms with van der Waals surface area (Å²) in [5.41, 5.74) is -1.02. The van der Waals surface area contributed by atoms with E-state index in [9.17, 15) is 19.8 Å². The van der Waals surface area contributed by atoms with Gasteiger partial charge in [0.15, 0.2) is 22.8 Å². The first-order valence-corrected chi connectivity index (χ1v) is 10.4. The van der Waals surface area contributed by atoms with E-state index in [-0.39, 0.29) is 23.4 Å². The van der Waals surface area contributed by atoms with Crippen molar-refractivity contribution in [1.29, 1.82) is 0 Å². The monoisotopic (exact) mass is 440 g/mol. The van der Waals surface area contributed by atoms with Gasteiger partial charge in [-0.05, 0) is 24.6 Å². The van der Waals surface area contributed by atoms with Gasteiger partial charge in [0.05, 0.1) is 5.57 Å². The molecule has 5 rings (SSSR count). The van der Waals surface area contributed by atoms with Crippen LogP contribution in [0.15, 0.2) is 93.8 Å². The molecular formula is C26H20N2O5. The fourth-order valence-electron chi connectivity index (χ4n) is 4.11. The maximum atomic E-state index is 13.2. The highest BCUT2D eigenvalue weighted by Crippen LogP contribution is 2.46. The third-order valence-electron chi connectivity index (χ3n) is 5.79. The van der Waals surface area contributed by atoms with Crippen LogP contribution in [-0.2, 0) is 17.1 Å². The molecule has 0 bridgehead atoms. The lowest BCUT2D eigenvalue weighted by molar-refractivity contribution is -0.145. The van der Waals surface area contributed by atoms with Gasteiger partial charge in [-0.25, -0.2) is 9.78 Å². The smallest absolute Gasteiger partial charge is 0.363 e. The zero-order chi connectivity index (χ0) is 23.2. The molecule has 1 amide bonds. The molecule has 0 aliphatic carbocycles. The molecule has 4 aromatic rings. The molecule has 164 valence electrons. The van der Waals surface area contributed by atoms with Crippen LogP contribution in [-0.4, -0.2) is 26.0 Å². The van der Waals surface area contributed by atoms with E-state index in [0.29, 0.717) is 11.1 Å². The van der Waals surface area contributed by atoms with Crippen LogP contribution < -0.4 is 5.63 Å². The van der Waals surface area contributed by atoms with Crippen LogP contribution in [0.25, 0.3) is 16.7 Å². The summed E-state index contributed by atoms with van der Waals surface area (Å²) in [5.74, 6) is -1.56. The number of hydrogen-bond acceptors (Lipinski definition) is 6. The van der Waals surface area contributed by atoms with Crippen LogP contribution in [0.4, 0.5) is 0 Å². The number of aryl methyl sites for hydroxylation is 1. The van der Waals surface area contributed by atoms with Gasteiger partial charge in [-0.3, -0.25) is 9.69 Å². The van der Waals surface area contributed by atoms with Gasteiger partial charge in [-0.15, -0.1) is 0 Å². The van der Waals surface area contributed by atoms with Crippen LogP contribution in [0, 0.1) is 6.92 Å². The molecule has 1 aromatic heterocycles. The van der Waals surface area contributed by atoms with Gasteiger partial charge in [0.2, 0.25) is 0 Å². The average molecular weight is 440 g/mol. The largest absolute Gasteiger partial charge is 0.503 e. The van der Waals surface area contributed by atoms with Crippen molar-refractivity contribution < 1.29 is 19.4 Å². The molecule has 1 aliphatic heterocycles. The minimum absolute atomic E-state index is 0.00345. The number of aromatic nitrogens is 1. The Bertz CT molecular complexity index is 1460. The minimum atomic E-state index is -2.14. The molecule has 1 aliphatic rings. The van der Waals surface area contributed by atoms with E-state index in [0.717, 1.165) is 16.0 Å². The summed E-state index contributed by atoms with van der Waals surface area (Å²) < 4.78 is 5.39. The number of carbonyl (C=O) groups is 1. The van der Waals surface area contributed by atoms with Gasteiger partial charge < -0.3 is 14.6 Å². The number of aliphatic hydroxyl groups excluding tert-OH is 1. The summed E-state index contributed by atoms with van der Waals surface area (Å²) in [6.07, 6.45) is 0. The van der Waals surface area contributed by atoms with Gasteiger partial charge in [-0.2, -0.15) is 0 Å². The van der Waals surface area contributed by atoms with Crippen molar-refractivity contribution in [3.63, 3.8) is 0 Å². The molecule has 7 nitrogen and oxygen atoms in total. The number of nitrogens with zero attached hydrogens (tertiary/aromatic N) is 2. The topological polar surface area (TPSA) is 104 Å². The second-order valence-corrected chi connectivity index (χ2v) is 7.96. The Kier molecular flexibility index (Phi) is 4.83. The average Bonchev–Trinajstić information content (AvgIpc) is 3.01. The minimum Gasteiger partial charge on any atom is -0.503 e. The number of fused-ring (bicyclic) bond motifs is 1. The molecule has 2 heterocycles. The number of carbonyl (C=O) groups excluding carboxylic acids is 1. The van der Waals surface area contributed by atoms with E-state index in [1.807, 2.05) is 25.1 Å². The third kappa shape index (κ3) is 3.30. The summed E-state index contributed by atoms with van der Waals surface area (Å²) >= 11 is 0. The summed E-state index contributed by atoms with van der Waals surface area (Å²) in [5, 5.41) is 23.0. The molecular weight excluding hydrogens is 420 g/mol. The summed E-state index contributed by atoms with van der Waals surface area (Å²) in [7, 11) is 0. The molecule has 1 unspecified atom stereocenters. The number of hydrogen-bond donors (Lipinski definition) is 2. The molecule has 0 spiro atoms. The summed E-state index contributed by atoms with van der Waals surface area (Å²) in [6.45, 7) is 1.89. The molecule has 0 saturated carbocycles. The SMILES string of the molecule is Cc1ccc(C2(O)C(c3nc4ccccc4oc3=O)=C(O)C(=O)N2Cc2ccccc2)cc1. The van der Waals surface area contributed by atoms with E-state index >= 15 is 0 Å². The maximum Gasteiger partial charge on any atom is 0.363 e. The van der Waals surface area contributed by atoms with Crippen molar-refractivity contribution in [3.8, 4) is 0 Å². The standard InChI is InChI=1S/C26H20N2O5/c1-16-11-13-18(14-12-16)26(32)21(22-25(31)33-20-10-6-5-9-19(20)27-22)23(29)24(30)28(26)15-17-7-3-2-4-8-17/h2-14,29,32H,15H2,1H3. The van der Waals surface area contributed by atoms with E-state index in [4.69, 9.17) is 4.42 Å². The van der Waals surface area contributed by atoms with Crippen molar-refractivity contribution in [2.75, 3.05) is 0 Å². The fraction of sp³-hybridized carbons (Fsp3) is 0.115. The van der Waals surface area contributed by atoms with Crippen molar-refractivity contribution in [2.24, 2.45) is 0 Å². The fourth-order valence-corrected chi connectivity index (χ4v) is 4.11. The number of amides is 1. The van der Waals surface area contributed by atoms with Crippen molar-refractivity contribution in [3.05, 3.63) is 117 Å². The van der Waals surface area contributed by atoms with Gasteiger partial charge >= 0.3 is 5.63 Å². The van der Waals surface area contributed by atoms with Crippen LogP contribution in [0.2, 0.25) is 0 Å². The van der Waals surface area contributed by atoms with Gasteiger partial charge in [0, 0.05) is 12.1 Å². The van der Waals surface area contributed by atoms with Crippen molar-refractivity contribution in [1.82, 2.24) is 9.88 Å². The van der Waals surface area contributed by atoms with E-state index in [2.05, 4.69) is 4.98 Å².